The van der Waals surface area contributed by atoms with E-state index in [4.69, 9.17) is 4.74 Å². The van der Waals surface area contributed by atoms with Crippen LogP contribution in [-0.4, -0.2) is 39.2 Å². The number of nitro groups is 1. The highest BCUT2D eigenvalue weighted by molar-refractivity contribution is 5.97. The van der Waals surface area contributed by atoms with Crippen LogP contribution in [-0.2, 0) is 6.42 Å². The molecule has 4 aromatic rings. The molecule has 0 saturated heterocycles. The second-order valence-electron chi connectivity index (χ2n) is 7.14. The first-order chi connectivity index (χ1) is 15.9. The number of rotatable bonds is 7. The number of aromatic nitrogens is 2. The Bertz CT molecular complexity index is 1360. The van der Waals surface area contributed by atoms with Crippen molar-refractivity contribution in [3.63, 3.8) is 0 Å². The van der Waals surface area contributed by atoms with Gasteiger partial charge in [-0.2, -0.15) is 5.10 Å². The highest BCUT2D eigenvalue weighted by Gasteiger charge is 2.13. The number of phenols is 1. The van der Waals surface area contributed by atoms with Crippen LogP contribution in [0.3, 0.4) is 0 Å². The molecule has 3 N–H and O–H groups in total. The molecule has 1 heterocycles. The summed E-state index contributed by atoms with van der Waals surface area (Å²) in [5, 5.41) is 24.2. The van der Waals surface area contributed by atoms with Crippen LogP contribution >= 0.6 is 0 Å². The van der Waals surface area contributed by atoms with Gasteiger partial charge in [0.1, 0.15) is 11.6 Å². The van der Waals surface area contributed by atoms with Gasteiger partial charge in [-0.05, 0) is 48.0 Å². The van der Waals surface area contributed by atoms with Crippen molar-refractivity contribution in [3.8, 4) is 11.5 Å². The predicted molar refractivity (Wildman–Crippen MR) is 122 cm³/mol. The van der Waals surface area contributed by atoms with E-state index in [1.807, 2.05) is 24.3 Å². The van der Waals surface area contributed by atoms with Gasteiger partial charge in [0.25, 0.3) is 5.91 Å². The fourth-order valence-corrected chi connectivity index (χ4v) is 3.22. The fraction of sp³-hybridized carbons (Fsp3) is 0.0870. The third-order valence-corrected chi connectivity index (χ3v) is 4.90. The van der Waals surface area contributed by atoms with Crippen molar-refractivity contribution in [2.45, 2.75) is 6.42 Å². The summed E-state index contributed by atoms with van der Waals surface area (Å²) in [6, 6.07) is 16.5. The largest absolute Gasteiger partial charge is 0.502 e. The summed E-state index contributed by atoms with van der Waals surface area (Å²) >= 11 is 0. The molecule has 0 aliphatic carbocycles. The second-order valence-corrected chi connectivity index (χ2v) is 7.14. The molecule has 0 unspecified atom stereocenters. The van der Waals surface area contributed by atoms with Crippen LogP contribution in [0.4, 0.5) is 5.69 Å². The van der Waals surface area contributed by atoms with Crippen molar-refractivity contribution in [1.29, 1.82) is 0 Å². The lowest BCUT2D eigenvalue weighted by Crippen LogP contribution is -2.17. The minimum atomic E-state index is -0.701. The number of methoxy groups -OCH3 is 1. The highest BCUT2D eigenvalue weighted by atomic mass is 16.6. The van der Waals surface area contributed by atoms with Gasteiger partial charge >= 0.3 is 5.69 Å². The van der Waals surface area contributed by atoms with Crippen LogP contribution in [0.5, 0.6) is 11.5 Å². The number of imidazole rings is 1. The second kappa shape index (κ2) is 9.18. The number of benzene rings is 3. The Balaban J connectivity index is 1.44. The minimum absolute atomic E-state index is 0.354. The zero-order valence-electron chi connectivity index (χ0n) is 17.5. The van der Waals surface area contributed by atoms with Gasteiger partial charge in [-0.25, -0.2) is 10.4 Å². The van der Waals surface area contributed by atoms with E-state index >= 15 is 0 Å². The molecule has 0 fully saturated rings. The van der Waals surface area contributed by atoms with Crippen LogP contribution in [0.25, 0.3) is 11.0 Å². The minimum Gasteiger partial charge on any atom is -0.502 e. The summed E-state index contributed by atoms with van der Waals surface area (Å²) in [4.78, 5) is 30.4. The first-order valence-corrected chi connectivity index (χ1v) is 9.85. The zero-order valence-corrected chi connectivity index (χ0v) is 17.5. The highest BCUT2D eigenvalue weighted by Crippen LogP contribution is 2.25. The Labute approximate surface area is 187 Å². The van der Waals surface area contributed by atoms with Crippen LogP contribution < -0.4 is 10.2 Å². The number of nitro benzene ring substituents is 1. The Morgan fingerprint density at radius 1 is 1.21 bits per heavy atom. The summed E-state index contributed by atoms with van der Waals surface area (Å²) in [6.45, 7) is 0. The fourth-order valence-electron chi connectivity index (χ4n) is 3.22. The number of hydrogen-bond acceptors (Lipinski definition) is 7. The van der Waals surface area contributed by atoms with E-state index in [1.54, 1.807) is 25.3 Å². The molecule has 0 aliphatic heterocycles. The summed E-state index contributed by atoms with van der Waals surface area (Å²) < 4.78 is 5.17. The van der Waals surface area contributed by atoms with Gasteiger partial charge in [0.05, 0.1) is 29.3 Å². The molecule has 0 radical (unpaired) electrons. The van der Waals surface area contributed by atoms with Crippen molar-refractivity contribution in [2.75, 3.05) is 7.11 Å². The zero-order chi connectivity index (χ0) is 23.4. The van der Waals surface area contributed by atoms with Crippen LogP contribution in [0.15, 0.2) is 65.8 Å². The molecule has 0 spiro atoms. The van der Waals surface area contributed by atoms with E-state index in [9.17, 15) is 20.0 Å². The number of ether oxygens (including phenoxy) is 1. The normalized spacial score (nSPS) is 11.1. The number of hydrazone groups is 1. The smallest absolute Gasteiger partial charge is 0.311 e. The molecule has 1 amide bonds. The third kappa shape index (κ3) is 4.96. The van der Waals surface area contributed by atoms with E-state index in [2.05, 4.69) is 20.5 Å². The number of aromatic amines is 1. The number of carbonyl (C=O) groups is 1. The standard InChI is InChI=1S/C23H19N5O5/c1-33-17-6-2-14(3-7-17)11-22-25-18-8-5-16(12-19(18)26-22)23(30)27-24-13-15-4-9-21(29)20(10-15)28(31)32/h2-10,12-13,29H,11H2,1H3,(H,25,26)(H,27,30)/b24-13-. The molecule has 10 nitrogen and oxygen atoms in total. The van der Waals surface area contributed by atoms with Crippen molar-refractivity contribution in [1.82, 2.24) is 15.4 Å². The van der Waals surface area contributed by atoms with Crippen molar-refractivity contribution in [3.05, 3.63) is 93.3 Å². The Morgan fingerprint density at radius 2 is 2.00 bits per heavy atom. The molecule has 3 aromatic carbocycles. The number of hydrogen-bond donors (Lipinski definition) is 3. The molecule has 0 atom stereocenters. The molecular weight excluding hydrogens is 426 g/mol. The van der Waals surface area contributed by atoms with Gasteiger partial charge in [-0.1, -0.05) is 12.1 Å². The number of nitrogens with one attached hydrogen (secondary N) is 2. The summed E-state index contributed by atoms with van der Waals surface area (Å²) in [5.74, 6) is 0.651. The average molecular weight is 445 g/mol. The molecule has 1 aromatic heterocycles. The summed E-state index contributed by atoms with van der Waals surface area (Å²) in [6.07, 6.45) is 1.86. The van der Waals surface area contributed by atoms with E-state index < -0.39 is 22.3 Å². The molecule has 0 bridgehead atoms. The number of nitrogens with zero attached hydrogens (tertiary/aromatic N) is 3. The lowest BCUT2D eigenvalue weighted by molar-refractivity contribution is -0.385. The lowest BCUT2D eigenvalue weighted by Gasteiger charge is -2.01. The first kappa shape index (κ1) is 21.5. The molecule has 0 aliphatic rings. The average Bonchev–Trinajstić information content (AvgIpc) is 3.21. The number of H-pyrrole nitrogens is 1. The van der Waals surface area contributed by atoms with Gasteiger partial charge in [-0.3, -0.25) is 14.9 Å². The Hall–Kier alpha value is -4.73. The van der Waals surface area contributed by atoms with Gasteiger partial charge in [0.2, 0.25) is 0 Å². The predicted octanol–water partition coefficient (Wildman–Crippen LogP) is 3.54. The van der Waals surface area contributed by atoms with Crippen molar-refractivity contribution < 1.29 is 19.6 Å². The Morgan fingerprint density at radius 3 is 2.73 bits per heavy atom. The van der Waals surface area contributed by atoms with Crippen LogP contribution in [0.2, 0.25) is 0 Å². The van der Waals surface area contributed by atoms with E-state index in [-0.39, 0.29) is 0 Å². The van der Waals surface area contributed by atoms with Crippen LogP contribution in [0.1, 0.15) is 27.3 Å². The van der Waals surface area contributed by atoms with Gasteiger partial charge < -0.3 is 14.8 Å². The number of aromatic hydroxyl groups is 1. The van der Waals surface area contributed by atoms with Crippen molar-refractivity contribution in [2.24, 2.45) is 5.10 Å². The maximum atomic E-state index is 12.4. The number of phenolic OH excluding ortho intramolecular Hbond substituents is 1. The molecule has 4 rings (SSSR count). The van der Waals surface area contributed by atoms with E-state index in [0.717, 1.165) is 28.7 Å². The van der Waals surface area contributed by atoms with Gasteiger partial charge in [0, 0.05) is 23.6 Å². The van der Waals surface area contributed by atoms with Gasteiger partial charge in [-0.15, -0.1) is 0 Å². The Kier molecular flexibility index (Phi) is 5.98. The maximum absolute atomic E-state index is 12.4. The maximum Gasteiger partial charge on any atom is 0.311 e. The lowest BCUT2D eigenvalue weighted by atomic mass is 10.1. The van der Waals surface area contributed by atoms with Gasteiger partial charge in [0.15, 0.2) is 5.75 Å². The molecule has 10 heteroatoms. The number of fused-ring (bicyclic) bond motifs is 1. The molecule has 0 saturated carbocycles. The molecule has 33 heavy (non-hydrogen) atoms. The monoisotopic (exact) mass is 445 g/mol. The van der Waals surface area contributed by atoms with Crippen molar-refractivity contribution >= 4 is 28.8 Å². The van der Waals surface area contributed by atoms with Crippen LogP contribution in [0, 0.1) is 10.1 Å². The van der Waals surface area contributed by atoms with E-state index in [0.29, 0.717) is 23.1 Å². The SMILES string of the molecule is COc1ccc(Cc2nc3ccc(C(=O)N/N=C\c4ccc(O)c([N+](=O)[O-])c4)cc3[nH]2)cc1. The number of carbonyl (C=O) groups excluding carboxylic acids is 1. The van der Waals surface area contributed by atoms with E-state index in [1.165, 1.54) is 18.3 Å². The first-order valence-electron chi connectivity index (χ1n) is 9.85. The summed E-state index contributed by atoms with van der Waals surface area (Å²) in [5.41, 5.74) is 5.18. The quantitative estimate of drug-likeness (QED) is 0.226. The summed E-state index contributed by atoms with van der Waals surface area (Å²) in [7, 11) is 1.62. The molecule has 166 valence electrons. The molecular formula is C23H19N5O5. The third-order valence-electron chi connectivity index (χ3n) is 4.90. The topological polar surface area (TPSA) is 143 Å². The number of amides is 1.